The van der Waals surface area contributed by atoms with Crippen molar-refractivity contribution in [3.63, 3.8) is 0 Å². The molecule has 1 saturated heterocycles. The van der Waals surface area contributed by atoms with E-state index in [1.54, 1.807) is 4.90 Å². The van der Waals surface area contributed by atoms with Crippen LogP contribution in [0.1, 0.15) is 52.9 Å². The zero-order chi connectivity index (χ0) is 18.2. The third-order valence-corrected chi connectivity index (χ3v) is 5.20. The SMILES string of the molecule is COC(=O)[C@H]1CC[C@H](C2=NOC3(C2)CN(C(=O)OC(C)(C)C)C3)CC1. The van der Waals surface area contributed by atoms with Crippen LogP contribution in [0.5, 0.6) is 0 Å². The highest BCUT2D eigenvalue weighted by molar-refractivity contribution is 5.89. The molecule has 0 N–H and O–H groups in total. The molecular weight excluding hydrogens is 324 g/mol. The number of rotatable bonds is 2. The monoisotopic (exact) mass is 352 g/mol. The van der Waals surface area contributed by atoms with Crippen LogP contribution in [0.3, 0.4) is 0 Å². The number of carbonyl (C=O) groups excluding carboxylic acids is 2. The lowest BCUT2D eigenvalue weighted by Gasteiger charge is -2.45. The summed E-state index contributed by atoms with van der Waals surface area (Å²) in [6, 6.07) is 0. The first kappa shape index (κ1) is 18.0. The van der Waals surface area contributed by atoms with Crippen molar-refractivity contribution >= 4 is 17.8 Å². The second-order valence-electron chi connectivity index (χ2n) is 8.44. The van der Waals surface area contributed by atoms with Gasteiger partial charge in [0.15, 0.2) is 5.60 Å². The number of esters is 1. The molecule has 0 aromatic carbocycles. The van der Waals surface area contributed by atoms with Gasteiger partial charge in [-0.1, -0.05) is 5.16 Å². The van der Waals surface area contributed by atoms with Crippen LogP contribution in [-0.4, -0.2) is 54.1 Å². The van der Waals surface area contributed by atoms with Gasteiger partial charge in [-0.3, -0.25) is 9.69 Å². The van der Waals surface area contributed by atoms with Crippen LogP contribution < -0.4 is 0 Å². The van der Waals surface area contributed by atoms with E-state index in [2.05, 4.69) is 5.16 Å². The highest BCUT2D eigenvalue weighted by atomic mass is 16.7. The molecule has 0 aromatic rings. The van der Waals surface area contributed by atoms with E-state index >= 15 is 0 Å². The van der Waals surface area contributed by atoms with Crippen LogP contribution in [0.2, 0.25) is 0 Å². The van der Waals surface area contributed by atoms with Gasteiger partial charge in [0.05, 0.1) is 31.8 Å². The van der Waals surface area contributed by atoms with Crippen LogP contribution in [0.25, 0.3) is 0 Å². The van der Waals surface area contributed by atoms with Gasteiger partial charge < -0.3 is 14.3 Å². The van der Waals surface area contributed by atoms with Crippen molar-refractivity contribution in [1.29, 1.82) is 0 Å². The Bertz CT molecular complexity index is 567. The summed E-state index contributed by atoms with van der Waals surface area (Å²) in [5.74, 6) is 0.284. The highest BCUT2D eigenvalue weighted by Gasteiger charge is 2.53. The molecule has 0 atom stereocenters. The van der Waals surface area contributed by atoms with E-state index in [0.717, 1.165) is 37.8 Å². The molecule has 140 valence electrons. The Balaban J connectivity index is 1.46. The van der Waals surface area contributed by atoms with Crippen molar-refractivity contribution in [2.24, 2.45) is 17.0 Å². The van der Waals surface area contributed by atoms with Crippen LogP contribution in [-0.2, 0) is 19.1 Å². The lowest BCUT2D eigenvalue weighted by Crippen LogP contribution is -2.64. The minimum absolute atomic E-state index is 0.0181. The summed E-state index contributed by atoms with van der Waals surface area (Å²) in [6.45, 7) is 6.62. The predicted molar refractivity (Wildman–Crippen MR) is 91.1 cm³/mol. The summed E-state index contributed by atoms with van der Waals surface area (Å²) < 4.78 is 10.2. The van der Waals surface area contributed by atoms with Crippen molar-refractivity contribution < 1.29 is 23.9 Å². The summed E-state index contributed by atoms with van der Waals surface area (Å²) in [7, 11) is 1.44. The van der Waals surface area contributed by atoms with Gasteiger partial charge in [-0.15, -0.1) is 0 Å². The molecule has 3 rings (SSSR count). The first-order valence-corrected chi connectivity index (χ1v) is 9.02. The lowest BCUT2D eigenvalue weighted by molar-refractivity contribution is -0.146. The largest absolute Gasteiger partial charge is 0.469 e. The van der Waals surface area contributed by atoms with Crippen LogP contribution in [0, 0.1) is 11.8 Å². The topological polar surface area (TPSA) is 77.4 Å². The van der Waals surface area contributed by atoms with Crippen LogP contribution in [0.15, 0.2) is 5.16 Å². The van der Waals surface area contributed by atoms with E-state index in [1.807, 2.05) is 20.8 Å². The number of hydrogen-bond acceptors (Lipinski definition) is 6. The fraction of sp³-hybridized carbons (Fsp3) is 0.833. The fourth-order valence-electron chi connectivity index (χ4n) is 3.87. The van der Waals surface area contributed by atoms with Crippen LogP contribution >= 0.6 is 0 Å². The molecule has 7 heteroatoms. The van der Waals surface area contributed by atoms with Gasteiger partial charge in [0.1, 0.15) is 5.60 Å². The number of nitrogens with zero attached hydrogens (tertiary/aromatic N) is 2. The number of carbonyl (C=O) groups is 2. The van der Waals surface area contributed by atoms with Gasteiger partial charge in [0.25, 0.3) is 0 Å². The van der Waals surface area contributed by atoms with Gasteiger partial charge in [0.2, 0.25) is 0 Å². The van der Waals surface area contributed by atoms with Crippen molar-refractivity contribution in [3.05, 3.63) is 0 Å². The Morgan fingerprint density at radius 2 is 1.84 bits per heavy atom. The van der Waals surface area contributed by atoms with Crippen molar-refractivity contribution in [2.75, 3.05) is 20.2 Å². The van der Waals surface area contributed by atoms with Crippen molar-refractivity contribution in [3.8, 4) is 0 Å². The maximum Gasteiger partial charge on any atom is 0.410 e. The first-order chi connectivity index (χ1) is 11.7. The number of amides is 1. The fourth-order valence-corrected chi connectivity index (χ4v) is 3.87. The second kappa shape index (κ2) is 6.50. The Hall–Kier alpha value is -1.79. The zero-order valence-corrected chi connectivity index (χ0v) is 15.5. The summed E-state index contributed by atoms with van der Waals surface area (Å²) in [6.07, 6.45) is 4.02. The van der Waals surface area contributed by atoms with E-state index in [4.69, 9.17) is 14.3 Å². The van der Waals surface area contributed by atoms with Gasteiger partial charge in [-0.2, -0.15) is 0 Å². The maximum atomic E-state index is 12.1. The van der Waals surface area contributed by atoms with Crippen LogP contribution in [0.4, 0.5) is 4.79 Å². The van der Waals surface area contributed by atoms with Gasteiger partial charge >= 0.3 is 12.1 Å². The minimum Gasteiger partial charge on any atom is -0.469 e. The van der Waals surface area contributed by atoms with Gasteiger partial charge in [-0.05, 0) is 46.5 Å². The lowest BCUT2D eigenvalue weighted by atomic mass is 9.76. The van der Waals surface area contributed by atoms with Gasteiger partial charge in [-0.25, -0.2) is 4.79 Å². The highest BCUT2D eigenvalue weighted by Crippen LogP contribution is 2.40. The molecule has 25 heavy (non-hydrogen) atoms. The van der Waals surface area contributed by atoms with E-state index in [9.17, 15) is 9.59 Å². The Labute approximate surface area is 148 Å². The van der Waals surface area contributed by atoms with E-state index in [-0.39, 0.29) is 23.6 Å². The molecular formula is C18H28N2O5. The predicted octanol–water partition coefficient (Wildman–Crippen LogP) is 2.73. The number of ether oxygens (including phenoxy) is 2. The Morgan fingerprint density at radius 1 is 1.20 bits per heavy atom. The normalized spacial score (nSPS) is 28.0. The number of oxime groups is 1. The van der Waals surface area contributed by atoms with Crippen molar-refractivity contribution in [2.45, 2.75) is 64.1 Å². The van der Waals surface area contributed by atoms with E-state index < -0.39 is 5.60 Å². The number of hydrogen-bond donors (Lipinski definition) is 0. The molecule has 0 bridgehead atoms. The summed E-state index contributed by atoms with van der Waals surface area (Å²) in [4.78, 5) is 31.0. The Kier molecular flexibility index (Phi) is 4.68. The third kappa shape index (κ3) is 3.90. The summed E-state index contributed by atoms with van der Waals surface area (Å²) >= 11 is 0. The summed E-state index contributed by atoms with van der Waals surface area (Å²) in [5.41, 5.74) is 0.217. The molecule has 7 nitrogen and oxygen atoms in total. The first-order valence-electron chi connectivity index (χ1n) is 9.02. The number of likely N-dealkylation sites (tertiary alicyclic amines) is 1. The molecule has 2 aliphatic heterocycles. The molecule has 2 fully saturated rings. The van der Waals surface area contributed by atoms with Gasteiger partial charge in [0, 0.05) is 12.3 Å². The minimum atomic E-state index is -0.490. The smallest absolute Gasteiger partial charge is 0.410 e. The molecule has 0 radical (unpaired) electrons. The summed E-state index contributed by atoms with van der Waals surface area (Å²) in [5, 5.41) is 4.31. The molecule has 1 aliphatic carbocycles. The quantitative estimate of drug-likeness (QED) is 0.714. The maximum absolute atomic E-state index is 12.1. The molecule has 1 amide bonds. The van der Waals surface area contributed by atoms with E-state index in [0.29, 0.717) is 19.0 Å². The molecule has 0 unspecified atom stereocenters. The number of methoxy groups -OCH3 is 1. The van der Waals surface area contributed by atoms with Crippen molar-refractivity contribution in [1.82, 2.24) is 4.90 Å². The zero-order valence-electron chi connectivity index (χ0n) is 15.5. The average molecular weight is 352 g/mol. The molecule has 2 heterocycles. The molecule has 1 spiro atoms. The standard InChI is InChI=1S/C18H28N2O5/c1-17(2,3)24-16(22)20-10-18(11-20)9-14(19-25-18)12-5-7-13(8-6-12)15(21)23-4/h12-13H,5-11H2,1-4H3/t12-,13-. The molecule has 3 aliphatic rings. The molecule has 0 aromatic heterocycles. The second-order valence-corrected chi connectivity index (χ2v) is 8.44. The Morgan fingerprint density at radius 3 is 2.40 bits per heavy atom. The third-order valence-electron chi connectivity index (χ3n) is 5.20. The van der Waals surface area contributed by atoms with E-state index in [1.165, 1.54) is 7.11 Å². The average Bonchev–Trinajstić information content (AvgIpc) is 2.97. The molecule has 1 saturated carbocycles.